The van der Waals surface area contributed by atoms with Crippen LogP contribution in [-0.4, -0.2) is 36.3 Å². The van der Waals surface area contributed by atoms with Crippen molar-refractivity contribution in [2.24, 2.45) is 22.9 Å². The van der Waals surface area contributed by atoms with Gasteiger partial charge in [-0.2, -0.15) is 22.7 Å². The number of alkyl halides is 3. The smallest absolute Gasteiger partial charge is 0.369 e. The second-order valence-electron chi connectivity index (χ2n) is 9.07. The standard InChI is InChI=1S/C27H26F3N7O3S/c1-16-21(23-11-12-34-36(23)2)14-22(25(39)37(16)19-6-4-5-18(13-19)27(28,29)30)24(38)33-15-17-7-9-20(10-8-17)41(3,40)35-26(31)32/h4-14H,3,15H2,1-2H3,(H,33,38)(H4,31,32,35,40). The van der Waals surface area contributed by atoms with Crippen molar-refractivity contribution in [3.05, 3.63) is 99.6 Å². The largest absolute Gasteiger partial charge is 0.416 e. The van der Waals surface area contributed by atoms with Crippen LogP contribution in [0.15, 0.2) is 80.9 Å². The minimum absolute atomic E-state index is 0.0162. The zero-order valence-corrected chi connectivity index (χ0v) is 22.8. The highest BCUT2D eigenvalue weighted by Gasteiger charge is 2.31. The maximum Gasteiger partial charge on any atom is 0.416 e. The average Bonchev–Trinajstić information content (AvgIpc) is 3.32. The van der Waals surface area contributed by atoms with Crippen molar-refractivity contribution in [1.82, 2.24) is 19.7 Å². The summed E-state index contributed by atoms with van der Waals surface area (Å²) in [7, 11) is -1.44. The Kier molecular flexibility index (Phi) is 7.79. The molecule has 0 aliphatic rings. The normalized spacial score (nSPS) is 12.9. The SMILES string of the molecule is C=S(=O)(N=C(N)N)c1ccc(CNC(=O)c2cc(-c3ccnn3C)c(C)n(-c3cccc(C(F)(F)F)c3)c2=O)cc1. The number of amides is 1. The highest BCUT2D eigenvalue weighted by atomic mass is 32.2. The Labute approximate surface area is 233 Å². The van der Waals surface area contributed by atoms with Crippen LogP contribution in [0.3, 0.4) is 0 Å². The molecule has 10 nitrogen and oxygen atoms in total. The summed E-state index contributed by atoms with van der Waals surface area (Å²) in [6.07, 6.45) is -3.11. The van der Waals surface area contributed by atoms with E-state index in [0.29, 0.717) is 22.5 Å². The first-order chi connectivity index (χ1) is 19.2. The third-order valence-corrected chi connectivity index (χ3v) is 7.73. The molecule has 5 N–H and O–H groups in total. The third-order valence-electron chi connectivity index (χ3n) is 6.22. The van der Waals surface area contributed by atoms with Gasteiger partial charge in [0, 0.05) is 36.7 Å². The Bertz CT molecular complexity index is 1820. The van der Waals surface area contributed by atoms with E-state index < -0.39 is 32.9 Å². The first-order valence-corrected chi connectivity index (χ1v) is 13.7. The van der Waals surface area contributed by atoms with E-state index in [1.54, 1.807) is 32.2 Å². The number of rotatable bonds is 7. The molecule has 4 rings (SSSR count). The van der Waals surface area contributed by atoms with Gasteiger partial charge in [0.15, 0.2) is 5.96 Å². The summed E-state index contributed by atoms with van der Waals surface area (Å²) in [5.41, 5.74) is 10.4. The van der Waals surface area contributed by atoms with E-state index in [-0.39, 0.29) is 28.7 Å². The molecule has 0 saturated heterocycles. The molecular formula is C27H26F3N7O3S. The molecule has 4 aromatic rings. The number of nitrogens with two attached hydrogens (primary N) is 2. The minimum atomic E-state index is -4.63. The van der Waals surface area contributed by atoms with Gasteiger partial charge in [-0.3, -0.25) is 18.8 Å². The summed E-state index contributed by atoms with van der Waals surface area (Å²) in [5, 5.41) is 6.79. The van der Waals surface area contributed by atoms with Gasteiger partial charge in [0.05, 0.1) is 25.9 Å². The maximum absolute atomic E-state index is 13.6. The van der Waals surface area contributed by atoms with Gasteiger partial charge in [0.25, 0.3) is 11.5 Å². The molecule has 41 heavy (non-hydrogen) atoms. The first kappa shape index (κ1) is 29.1. The van der Waals surface area contributed by atoms with Crippen LogP contribution in [0.4, 0.5) is 13.2 Å². The summed E-state index contributed by atoms with van der Waals surface area (Å²) in [6, 6.07) is 13.5. The third kappa shape index (κ3) is 6.17. The predicted molar refractivity (Wildman–Crippen MR) is 151 cm³/mol. The van der Waals surface area contributed by atoms with E-state index in [1.807, 2.05) is 0 Å². The Morgan fingerprint density at radius 3 is 2.39 bits per heavy atom. The van der Waals surface area contributed by atoms with E-state index in [2.05, 4.69) is 20.7 Å². The van der Waals surface area contributed by atoms with Crippen LogP contribution < -0.4 is 22.3 Å². The van der Waals surface area contributed by atoms with Gasteiger partial charge in [0.2, 0.25) is 0 Å². The van der Waals surface area contributed by atoms with Gasteiger partial charge in [-0.1, -0.05) is 18.2 Å². The molecule has 0 aliphatic heterocycles. The molecular weight excluding hydrogens is 559 g/mol. The Morgan fingerprint density at radius 2 is 1.80 bits per heavy atom. The summed E-state index contributed by atoms with van der Waals surface area (Å²) in [5.74, 6) is 2.41. The van der Waals surface area contributed by atoms with Gasteiger partial charge in [-0.15, -0.1) is 0 Å². The number of nitrogens with zero attached hydrogens (tertiary/aromatic N) is 4. The lowest BCUT2D eigenvalue weighted by Crippen LogP contribution is -2.33. The number of nitrogens with one attached hydrogen (secondary N) is 1. The molecule has 0 aliphatic carbocycles. The quantitative estimate of drug-likeness (QED) is 0.172. The summed E-state index contributed by atoms with van der Waals surface area (Å²) < 4.78 is 59.2. The van der Waals surface area contributed by atoms with Crippen LogP contribution in [0.25, 0.3) is 16.9 Å². The highest BCUT2D eigenvalue weighted by molar-refractivity contribution is 7.99. The first-order valence-electron chi connectivity index (χ1n) is 12.0. The second kappa shape index (κ2) is 11.0. The van der Waals surface area contributed by atoms with Crippen molar-refractivity contribution in [1.29, 1.82) is 0 Å². The second-order valence-corrected chi connectivity index (χ2v) is 11.0. The Morgan fingerprint density at radius 1 is 1.12 bits per heavy atom. The fraction of sp³-hybridized carbons (Fsp3) is 0.148. The minimum Gasteiger partial charge on any atom is -0.369 e. The molecule has 0 fully saturated rings. The number of aryl methyl sites for hydroxylation is 1. The van der Waals surface area contributed by atoms with Gasteiger partial charge in [-0.05, 0) is 60.8 Å². The fourth-order valence-electron chi connectivity index (χ4n) is 4.22. The van der Waals surface area contributed by atoms with Crippen molar-refractivity contribution in [2.45, 2.75) is 24.5 Å². The molecule has 2 heterocycles. The molecule has 0 bridgehead atoms. The number of carbonyl (C=O) groups excluding carboxylic acids is 1. The summed E-state index contributed by atoms with van der Waals surface area (Å²) >= 11 is 0. The molecule has 2 aromatic carbocycles. The van der Waals surface area contributed by atoms with Crippen LogP contribution in [0, 0.1) is 6.92 Å². The molecule has 1 atom stereocenters. The van der Waals surface area contributed by atoms with E-state index in [1.165, 1.54) is 41.2 Å². The number of halogens is 3. The van der Waals surface area contributed by atoms with Crippen LogP contribution in [0.1, 0.15) is 27.2 Å². The molecule has 214 valence electrons. The van der Waals surface area contributed by atoms with Crippen molar-refractivity contribution < 1.29 is 22.2 Å². The summed E-state index contributed by atoms with van der Waals surface area (Å²) in [6.45, 7) is 1.56. The van der Waals surface area contributed by atoms with Crippen LogP contribution >= 0.6 is 0 Å². The molecule has 1 unspecified atom stereocenters. The lowest BCUT2D eigenvalue weighted by molar-refractivity contribution is -0.137. The van der Waals surface area contributed by atoms with Crippen LogP contribution in [0.5, 0.6) is 0 Å². The van der Waals surface area contributed by atoms with Crippen molar-refractivity contribution in [3.63, 3.8) is 0 Å². The van der Waals surface area contributed by atoms with Gasteiger partial charge in [0.1, 0.15) is 5.56 Å². The number of hydrogen-bond acceptors (Lipinski definition) is 4. The fourth-order valence-corrected chi connectivity index (χ4v) is 5.22. The van der Waals surface area contributed by atoms with Crippen molar-refractivity contribution in [2.75, 3.05) is 0 Å². The topological polar surface area (TPSA) is 150 Å². The average molecular weight is 586 g/mol. The number of hydrogen-bond donors (Lipinski definition) is 3. The maximum atomic E-state index is 13.6. The Balaban J connectivity index is 1.73. The predicted octanol–water partition coefficient (Wildman–Crippen LogP) is 2.76. The molecule has 0 saturated carbocycles. The highest BCUT2D eigenvalue weighted by Crippen LogP contribution is 2.31. The number of benzene rings is 2. The molecule has 2 aromatic heterocycles. The lowest BCUT2D eigenvalue weighted by Gasteiger charge is -2.18. The van der Waals surface area contributed by atoms with E-state index in [0.717, 1.165) is 16.7 Å². The van der Waals surface area contributed by atoms with Crippen LogP contribution in [-0.2, 0) is 29.5 Å². The van der Waals surface area contributed by atoms with Crippen molar-refractivity contribution >= 4 is 27.4 Å². The van der Waals surface area contributed by atoms with Gasteiger partial charge in [-0.25, -0.2) is 4.21 Å². The zero-order chi connectivity index (χ0) is 30.1. The Hall–Kier alpha value is -4.85. The van der Waals surface area contributed by atoms with Crippen molar-refractivity contribution in [3.8, 4) is 16.9 Å². The number of pyridine rings is 1. The lowest BCUT2D eigenvalue weighted by atomic mass is 10.1. The molecule has 0 radical (unpaired) electrons. The molecule has 14 heteroatoms. The number of aromatic nitrogens is 3. The molecule has 0 spiro atoms. The monoisotopic (exact) mass is 585 g/mol. The summed E-state index contributed by atoms with van der Waals surface area (Å²) in [4.78, 5) is 27.1. The zero-order valence-electron chi connectivity index (χ0n) is 22.0. The van der Waals surface area contributed by atoms with E-state index >= 15 is 0 Å². The van der Waals surface area contributed by atoms with E-state index in [9.17, 15) is 27.0 Å². The molecule has 1 amide bonds. The number of guanidine groups is 1. The number of carbonyl (C=O) groups is 1. The van der Waals surface area contributed by atoms with Gasteiger partial charge >= 0.3 is 6.18 Å². The van der Waals surface area contributed by atoms with Crippen LogP contribution in [0.2, 0.25) is 0 Å². The van der Waals surface area contributed by atoms with E-state index in [4.69, 9.17) is 11.5 Å². The van der Waals surface area contributed by atoms with Gasteiger partial charge < -0.3 is 16.8 Å².